The fourth-order valence-electron chi connectivity index (χ4n) is 3.09. The number of ether oxygens (including phenoxy) is 1. The van der Waals surface area contributed by atoms with Gasteiger partial charge in [-0.1, -0.05) is 42.5 Å². The minimum atomic E-state index is 0.770. The molecule has 1 aromatic rings. The molecule has 150 valence electrons. The van der Waals surface area contributed by atoms with Gasteiger partial charge >= 0.3 is 0 Å². The van der Waals surface area contributed by atoms with Crippen LogP contribution in [0.1, 0.15) is 5.56 Å². The monoisotopic (exact) mass is 373 g/mol. The summed E-state index contributed by atoms with van der Waals surface area (Å²) in [5.74, 6) is 1.01. The van der Waals surface area contributed by atoms with Crippen LogP contribution in [0.2, 0.25) is 0 Å². The number of likely N-dealkylation sites (N-methyl/N-ethyl adjacent to an activating group) is 1. The summed E-state index contributed by atoms with van der Waals surface area (Å²) in [5, 5.41) is 3.49. The average molecular weight is 374 g/mol. The van der Waals surface area contributed by atoms with Crippen molar-refractivity contribution in [2.24, 2.45) is 4.99 Å². The van der Waals surface area contributed by atoms with Gasteiger partial charge in [-0.25, -0.2) is 0 Å². The summed E-state index contributed by atoms with van der Waals surface area (Å²) in [7, 11) is 5.72. The molecule has 0 bridgehead atoms. The van der Waals surface area contributed by atoms with Crippen molar-refractivity contribution in [2.45, 2.75) is 0 Å². The van der Waals surface area contributed by atoms with Crippen LogP contribution in [0.25, 0.3) is 6.08 Å². The topological polar surface area (TPSA) is 43.3 Å². The molecule has 0 amide bonds. The summed E-state index contributed by atoms with van der Waals surface area (Å²) in [6, 6.07) is 10.5. The number of rotatable bonds is 9. The van der Waals surface area contributed by atoms with Crippen molar-refractivity contribution < 1.29 is 4.74 Å². The largest absolute Gasteiger partial charge is 0.383 e. The lowest BCUT2D eigenvalue weighted by Gasteiger charge is -2.36. The lowest BCUT2D eigenvalue weighted by molar-refractivity contribution is 0.161. The molecule has 0 radical (unpaired) electrons. The van der Waals surface area contributed by atoms with Crippen LogP contribution < -0.4 is 5.32 Å². The molecule has 0 atom stereocenters. The van der Waals surface area contributed by atoms with Gasteiger partial charge in [0.15, 0.2) is 5.96 Å². The Morgan fingerprint density at radius 1 is 1.19 bits per heavy atom. The number of nitrogens with one attached hydrogen (secondary N) is 1. The van der Waals surface area contributed by atoms with E-state index in [4.69, 9.17) is 4.74 Å². The molecule has 0 aliphatic carbocycles. The zero-order valence-electron chi connectivity index (χ0n) is 17.1. The molecule has 1 aliphatic heterocycles. The first-order valence-electron chi connectivity index (χ1n) is 9.80. The van der Waals surface area contributed by atoms with Gasteiger partial charge in [0.25, 0.3) is 0 Å². The Labute approximate surface area is 164 Å². The highest BCUT2D eigenvalue weighted by Crippen LogP contribution is 2.05. The number of piperazine rings is 1. The Bertz CT molecular complexity index is 567. The van der Waals surface area contributed by atoms with Crippen molar-refractivity contribution in [3.05, 3.63) is 42.0 Å². The van der Waals surface area contributed by atoms with E-state index in [-0.39, 0.29) is 0 Å². The molecular weight excluding hydrogens is 338 g/mol. The van der Waals surface area contributed by atoms with Crippen LogP contribution in [0, 0.1) is 0 Å². The maximum atomic E-state index is 5.12. The summed E-state index contributed by atoms with van der Waals surface area (Å²) in [4.78, 5) is 11.6. The highest BCUT2D eigenvalue weighted by molar-refractivity contribution is 5.80. The fraction of sp³-hybridized carbons (Fsp3) is 0.571. The molecule has 27 heavy (non-hydrogen) atoms. The lowest BCUT2D eigenvalue weighted by Crippen LogP contribution is -2.53. The summed E-state index contributed by atoms with van der Waals surface area (Å²) >= 11 is 0. The lowest BCUT2D eigenvalue weighted by atomic mass is 10.2. The zero-order valence-corrected chi connectivity index (χ0v) is 17.1. The molecule has 1 aliphatic rings. The van der Waals surface area contributed by atoms with Crippen molar-refractivity contribution in [3.8, 4) is 0 Å². The first-order valence-corrected chi connectivity index (χ1v) is 9.80. The Morgan fingerprint density at radius 2 is 1.93 bits per heavy atom. The van der Waals surface area contributed by atoms with Gasteiger partial charge in [0.2, 0.25) is 0 Å². The van der Waals surface area contributed by atoms with E-state index in [2.05, 4.69) is 74.5 Å². The van der Waals surface area contributed by atoms with E-state index in [9.17, 15) is 0 Å². The van der Waals surface area contributed by atoms with Gasteiger partial charge in [0.05, 0.1) is 6.61 Å². The van der Waals surface area contributed by atoms with E-state index in [0.29, 0.717) is 0 Å². The van der Waals surface area contributed by atoms with E-state index in [1.807, 2.05) is 7.05 Å². The van der Waals surface area contributed by atoms with Gasteiger partial charge in [-0.3, -0.25) is 9.89 Å². The smallest absolute Gasteiger partial charge is 0.193 e. The van der Waals surface area contributed by atoms with E-state index >= 15 is 0 Å². The number of nitrogens with zero attached hydrogens (tertiary/aromatic N) is 4. The molecule has 1 saturated heterocycles. The Hall–Kier alpha value is -1.89. The number of aliphatic imine (C=N–C) groups is 1. The quantitative estimate of drug-likeness (QED) is 0.525. The standard InChI is InChI=1S/C21H35N5O/c1-22-21(23-11-13-24(2)18-19-27-3)26-16-14-25(15-17-26)12-7-10-20-8-5-4-6-9-20/h4-10H,11-19H2,1-3H3,(H,22,23)/b10-7+. The second-order valence-corrected chi connectivity index (χ2v) is 6.87. The van der Waals surface area contributed by atoms with Crippen molar-refractivity contribution in [2.75, 3.05) is 80.2 Å². The molecule has 6 heteroatoms. The van der Waals surface area contributed by atoms with E-state index in [1.54, 1.807) is 7.11 Å². The number of benzene rings is 1. The third-order valence-electron chi connectivity index (χ3n) is 4.81. The summed E-state index contributed by atoms with van der Waals surface area (Å²) in [6.07, 6.45) is 4.46. The van der Waals surface area contributed by atoms with Crippen molar-refractivity contribution in [1.29, 1.82) is 0 Å². The summed E-state index contributed by atoms with van der Waals surface area (Å²) < 4.78 is 5.12. The predicted molar refractivity (Wildman–Crippen MR) is 114 cm³/mol. The average Bonchev–Trinajstić information content (AvgIpc) is 2.71. The van der Waals surface area contributed by atoms with Gasteiger partial charge < -0.3 is 19.9 Å². The molecule has 1 heterocycles. The van der Waals surface area contributed by atoms with Crippen LogP contribution >= 0.6 is 0 Å². The second-order valence-electron chi connectivity index (χ2n) is 6.87. The number of guanidine groups is 1. The molecule has 0 saturated carbocycles. The highest BCUT2D eigenvalue weighted by atomic mass is 16.5. The first-order chi connectivity index (χ1) is 13.2. The van der Waals surface area contributed by atoms with Gasteiger partial charge in [-0.05, 0) is 12.6 Å². The van der Waals surface area contributed by atoms with E-state index in [1.165, 1.54) is 5.56 Å². The van der Waals surface area contributed by atoms with Gasteiger partial charge in [-0.15, -0.1) is 0 Å². The molecule has 1 aromatic carbocycles. The molecular formula is C21H35N5O. The van der Waals surface area contributed by atoms with E-state index in [0.717, 1.165) is 64.9 Å². The maximum Gasteiger partial charge on any atom is 0.193 e. The van der Waals surface area contributed by atoms with Crippen molar-refractivity contribution in [3.63, 3.8) is 0 Å². The highest BCUT2D eigenvalue weighted by Gasteiger charge is 2.18. The molecule has 1 N–H and O–H groups in total. The second kappa shape index (κ2) is 12.5. The number of methoxy groups -OCH3 is 1. The third-order valence-corrected chi connectivity index (χ3v) is 4.81. The van der Waals surface area contributed by atoms with Gasteiger partial charge in [0, 0.05) is 66.5 Å². The Balaban J connectivity index is 1.66. The van der Waals surface area contributed by atoms with Crippen LogP contribution in [-0.2, 0) is 4.74 Å². The normalized spacial score (nSPS) is 16.4. The summed E-state index contributed by atoms with van der Waals surface area (Å²) in [5.41, 5.74) is 1.26. The molecule has 0 unspecified atom stereocenters. The first kappa shape index (κ1) is 21.4. The molecule has 2 rings (SSSR count). The van der Waals surface area contributed by atoms with Gasteiger partial charge in [-0.2, -0.15) is 0 Å². The zero-order chi connectivity index (χ0) is 19.3. The molecule has 6 nitrogen and oxygen atoms in total. The molecule has 1 fully saturated rings. The number of hydrogen-bond donors (Lipinski definition) is 1. The third kappa shape index (κ3) is 8.12. The van der Waals surface area contributed by atoms with Crippen molar-refractivity contribution >= 4 is 12.0 Å². The Kier molecular flexibility index (Phi) is 9.90. The fourth-order valence-corrected chi connectivity index (χ4v) is 3.09. The number of hydrogen-bond acceptors (Lipinski definition) is 4. The minimum Gasteiger partial charge on any atom is -0.383 e. The van der Waals surface area contributed by atoms with Crippen LogP contribution in [0.3, 0.4) is 0 Å². The SMILES string of the molecule is CN=C(NCCN(C)CCOC)N1CCN(C/C=C/c2ccccc2)CC1. The van der Waals surface area contributed by atoms with Crippen LogP contribution in [-0.4, -0.2) is 101 Å². The van der Waals surface area contributed by atoms with Crippen molar-refractivity contribution in [1.82, 2.24) is 20.0 Å². The van der Waals surface area contributed by atoms with Crippen LogP contribution in [0.15, 0.2) is 41.4 Å². The minimum absolute atomic E-state index is 0.770. The van der Waals surface area contributed by atoms with Crippen LogP contribution in [0.5, 0.6) is 0 Å². The Morgan fingerprint density at radius 3 is 2.59 bits per heavy atom. The predicted octanol–water partition coefficient (Wildman–Crippen LogP) is 1.47. The van der Waals surface area contributed by atoms with E-state index < -0.39 is 0 Å². The maximum absolute atomic E-state index is 5.12. The van der Waals surface area contributed by atoms with Crippen LogP contribution in [0.4, 0.5) is 0 Å². The summed E-state index contributed by atoms with van der Waals surface area (Å²) in [6.45, 7) is 8.74. The molecule has 0 spiro atoms. The molecule has 0 aromatic heterocycles. The van der Waals surface area contributed by atoms with Gasteiger partial charge in [0.1, 0.15) is 0 Å².